The Kier molecular flexibility index (Phi) is 7.38. The normalized spacial score (nSPS) is 12.3. The van der Waals surface area contributed by atoms with Gasteiger partial charge in [-0.1, -0.05) is 29.8 Å². The minimum Gasteiger partial charge on any atom is -0.354 e. The summed E-state index contributed by atoms with van der Waals surface area (Å²) in [6.45, 7) is 5.86. The fraction of sp³-hybridized carbons (Fsp3) is 0.800. The number of carbonyl (C=O) groups excluding carboxylic acids is 2. The Bertz CT molecular complexity index is 219. The van der Waals surface area contributed by atoms with Crippen LogP contribution in [0.4, 0.5) is 0 Å². The van der Waals surface area contributed by atoms with Gasteiger partial charge in [0.1, 0.15) is 6.04 Å². The topological polar surface area (TPSA) is 58.2 Å². The smallest absolute Gasteiger partial charge is 0.242 e. The van der Waals surface area contributed by atoms with Gasteiger partial charge in [-0.15, -0.1) is 0 Å². The summed E-state index contributed by atoms with van der Waals surface area (Å²) >= 11 is 3.28. The lowest BCUT2D eigenvalue weighted by Crippen LogP contribution is -2.49. The number of hydrogen-bond acceptors (Lipinski definition) is 2. The summed E-state index contributed by atoms with van der Waals surface area (Å²) in [5, 5.41) is 6.29. The van der Waals surface area contributed by atoms with Crippen LogP contribution in [0.3, 0.4) is 0 Å². The Morgan fingerprint density at radius 3 is 2.33 bits per heavy atom. The van der Waals surface area contributed by atoms with E-state index in [0.29, 0.717) is 6.54 Å². The summed E-state index contributed by atoms with van der Waals surface area (Å²) in [4.78, 5) is 22.5. The zero-order chi connectivity index (χ0) is 11.8. The molecule has 1 atom stereocenters. The zero-order valence-corrected chi connectivity index (χ0v) is 11.1. The Morgan fingerprint density at radius 1 is 1.33 bits per heavy atom. The van der Waals surface area contributed by atoms with Gasteiger partial charge in [0.15, 0.2) is 0 Å². The molecule has 0 bridgehead atoms. The quantitative estimate of drug-likeness (QED) is 0.564. The van der Waals surface area contributed by atoms with Gasteiger partial charge in [0.2, 0.25) is 11.8 Å². The Hall–Kier alpha value is -0.580. The van der Waals surface area contributed by atoms with E-state index in [2.05, 4.69) is 26.6 Å². The number of amides is 2. The predicted molar refractivity (Wildman–Crippen MR) is 63.9 cm³/mol. The molecule has 2 N–H and O–H groups in total. The third-order valence-corrected chi connectivity index (χ3v) is 2.48. The highest BCUT2D eigenvalue weighted by Crippen LogP contribution is 2.01. The van der Waals surface area contributed by atoms with Crippen LogP contribution in [0.1, 0.15) is 27.2 Å². The van der Waals surface area contributed by atoms with Crippen molar-refractivity contribution in [1.82, 2.24) is 10.6 Å². The molecule has 5 heteroatoms. The molecule has 0 saturated heterocycles. The number of carbonyl (C=O) groups is 2. The molecule has 0 aromatic carbocycles. The number of hydrogen-bond donors (Lipinski definition) is 2. The molecule has 0 fully saturated rings. The fourth-order valence-corrected chi connectivity index (χ4v) is 1.42. The van der Waals surface area contributed by atoms with Gasteiger partial charge in [-0.2, -0.15) is 0 Å². The van der Waals surface area contributed by atoms with Gasteiger partial charge in [-0.05, 0) is 12.3 Å². The molecule has 0 aromatic rings. The first-order valence-electron chi connectivity index (χ1n) is 5.09. The Balaban J connectivity index is 4.11. The van der Waals surface area contributed by atoms with Crippen LogP contribution >= 0.6 is 15.9 Å². The monoisotopic (exact) mass is 278 g/mol. The molecule has 0 aliphatic carbocycles. The van der Waals surface area contributed by atoms with Gasteiger partial charge in [0.25, 0.3) is 0 Å². The lowest BCUT2D eigenvalue weighted by molar-refractivity contribution is -0.129. The lowest BCUT2D eigenvalue weighted by atomic mass is 10.0. The number of alkyl halides is 1. The van der Waals surface area contributed by atoms with Crippen LogP contribution in [0.25, 0.3) is 0 Å². The second-order valence-corrected chi connectivity index (χ2v) is 4.55. The largest absolute Gasteiger partial charge is 0.354 e. The van der Waals surface area contributed by atoms with E-state index in [1.54, 1.807) is 0 Å². The van der Waals surface area contributed by atoms with Crippen molar-refractivity contribution in [2.75, 3.05) is 11.9 Å². The van der Waals surface area contributed by atoms with Crippen molar-refractivity contribution in [1.29, 1.82) is 0 Å². The molecule has 0 aromatic heterocycles. The van der Waals surface area contributed by atoms with Crippen molar-refractivity contribution in [3.8, 4) is 0 Å². The molecule has 0 aliphatic rings. The maximum atomic E-state index is 11.7. The highest BCUT2D eigenvalue weighted by molar-refractivity contribution is 9.09. The molecule has 88 valence electrons. The standard InChI is InChI=1S/C10H19BrN2O2/c1-7(2)9(13-8(3)14)10(15)12-6-4-5-11/h7,9H,4-6H2,1-3H3,(H,12,15)(H,13,14)/t9-/m1/s1. The van der Waals surface area contributed by atoms with E-state index in [4.69, 9.17) is 0 Å². The predicted octanol–water partition coefficient (Wildman–Crippen LogP) is 1.05. The van der Waals surface area contributed by atoms with Gasteiger partial charge in [0, 0.05) is 18.8 Å². The van der Waals surface area contributed by atoms with Crippen LogP contribution in [-0.4, -0.2) is 29.7 Å². The van der Waals surface area contributed by atoms with Crippen molar-refractivity contribution in [3.05, 3.63) is 0 Å². The number of nitrogens with one attached hydrogen (secondary N) is 2. The van der Waals surface area contributed by atoms with E-state index in [1.807, 2.05) is 13.8 Å². The number of halogens is 1. The average Bonchev–Trinajstić information content (AvgIpc) is 2.13. The van der Waals surface area contributed by atoms with Crippen LogP contribution in [-0.2, 0) is 9.59 Å². The first-order chi connectivity index (χ1) is 6.99. The molecular formula is C10H19BrN2O2. The van der Waals surface area contributed by atoms with E-state index in [9.17, 15) is 9.59 Å². The highest BCUT2D eigenvalue weighted by Gasteiger charge is 2.22. The van der Waals surface area contributed by atoms with Crippen molar-refractivity contribution in [2.45, 2.75) is 33.2 Å². The first-order valence-corrected chi connectivity index (χ1v) is 6.22. The van der Waals surface area contributed by atoms with E-state index >= 15 is 0 Å². The molecule has 4 nitrogen and oxygen atoms in total. The van der Waals surface area contributed by atoms with E-state index in [-0.39, 0.29) is 17.7 Å². The Labute approximate surface area is 99.3 Å². The highest BCUT2D eigenvalue weighted by atomic mass is 79.9. The summed E-state index contributed by atoms with van der Waals surface area (Å²) in [6, 6.07) is -0.433. The molecule has 0 spiro atoms. The minimum absolute atomic E-state index is 0.0953. The number of rotatable bonds is 6. The molecule has 0 heterocycles. The van der Waals surface area contributed by atoms with Crippen LogP contribution in [0.2, 0.25) is 0 Å². The first kappa shape index (κ1) is 14.4. The Morgan fingerprint density at radius 2 is 1.93 bits per heavy atom. The summed E-state index contributed by atoms with van der Waals surface area (Å²) in [6.07, 6.45) is 0.886. The molecule has 0 radical (unpaired) electrons. The van der Waals surface area contributed by atoms with E-state index in [1.165, 1.54) is 6.92 Å². The molecule has 2 amide bonds. The van der Waals surface area contributed by atoms with Crippen LogP contribution < -0.4 is 10.6 Å². The minimum atomic E-state index is -0.433. The second-order valence-electron chi connectivity index (χ2n) is 3.76. The van der Waals surface area contributed by atoms with Gasteiger partial charge >= 0.3 is 0 Å². The zero-order valence-electron chi connectivity index (χ0n) is 9.47. The molecular weight excluding hydrogens is 260 g/mol. The van der Waals surface area contributed by atoms with Gasteiger partial charge in [0.05, 0.1) is 0 Å². The van der Waals surface area contributed by atoms with E-state index < -0.39 is 6.04 Å². The summed E-state index contributed by atoms with van der Waals surface area (Å²) in [5.74, 6) is -0.191. The third-order valence-electron chi connectivity index (χ3n) is 1.92. The fourth-order valence-electron chi connectivity index (χ4n) is 1.14. The SMILES string of the molecule is CC(=O)N[C@@H](C(=O)NCCCBr)C(C)C. The summed E-state index contributed by atoms with van der Waals surface area (Å²) in [5.41, 5.74) is 0. The molecule has 0 rings (SSSR count). The second kappa shape index (κ2) is 7.68. The molecule has 0 saturated carbocycles. The van der Waals surface area contributed by atoms with Gasteiger partial charge in [-0.25, -0.2) is 0 Å². The van der Waals surface area contributed by atoms with Crippen LogP contribution in [0.5, 0.6) is 0 Å². The maximum absolute atomic E-state index is 11.7. The van der Waals surface area contributed by atoms with Gasteiger partial charge < -0.3 is 10.6 Å². The van der Waals surface area contributed by atoms with Crippen molar-refractivity contribution < 1.29 is 9.59 Å². The third kappa shape index (κ3) is 6.49. The lowest BCUT2D eigenvalue weighted by Gasteiger charge is -2.20. The average molecular weight is 279 g/mol. The summed E-state index contributed by atoms with van der Waals surface area (Å²) < 4.78 is 0. The maximum Gasteiger partial charge on any atom is 0.242 e. The van der Waals surface area contributed by atoms with Crippen molar-refractivity contribution in [3.63, 3.8) is 0 Å². The summed E-state index contributed by atoms with van der Waals surface area (Å²) in [7, 11) is 0. The van der Waals surface area contributed by atoms with Gasteiger partial charge in [-0.3, -0.25) is 9.59 Å². The van der Waals surface area contributed by atoms with Crippen LogP contribution in [0.15, 0.2) is 0 Å². The van der Waals surface area contributed by atoms with Crippen LogP contribution in [0, 0.1) is 5.92 Å². The molecule has 0 unspecified atom stereocenters. The van der Waals surface area contributed by atoms with E-state index in [0.717, 1.165) is 11.8 Å². The van der Waals surface area contributed by atoms with Crippen molar-refractivity contribution in [2.24, 2.45) is 5.92 Å². The molecule has 15 heavy (non-hydrogen) atoms. The molecule has 0 aliphatic heterocycles. The van der Waals surface area contributed by atoms with Crippen molar-refractivity contribution >= 4 is 27.7 Å².